The molecule has 0 amide bonds. The van der Waals surface area contributed by atoms with E-state index in [-0.39, 0.29) is 5.82 Å². The summed E-state index contributed by atoms with van der Waals surface area (Å²) in [6.07, 6.45) is 3.16. The number of fused-ring (bicyclic) bond motifs is 1. The normalized spacial score (nSPS) is 10.9. The molecule has 0 spiro atoms. The van der Waals surface area contributed by atoms with Crippen molar-refractivity contribution in [3.63, 3.8) is 0 Å². The molecular weight excluding hydrogens is 307 g/mol. The SMILES string of the molecule is Fc1ccc(COc2ccccc2-c2ccnc3ncnn23)cc1. The van der Waals surface area contributed by atoms with Crippen LogP contribution >= 0.6 is 0 Å². The van der Waals surface area contributed by atoms with Gasteiger partial charge in [0.15, 0.2) is 0 Å². The van der Waals surface area contributed by atoms with Crippen LogP contribution in [0.5, 0.6) is 5.75 Å². The van der Waals surface area contributed by atoms with Gasteiger partial charge in [0.05, 0.1) is 5.69 Å². The van der Waals surface area contributed by atoms with E-state index in [1.165, 1.54) is 18.5 Å². The van der Waals surface area contributed by atoms with E-state index in [2.05, 4.69) is 15.1 Å². The summed E-state index contributed by atoms with van der Waals surface area (Å²) in [5.41, 5.74) is 2.62. The van der Waals surface area contributed by atoms with Crippen molar-refractivity contribution in [1.82, 2.24) is 19.6 Å². The van der Waals surface area contributed by atoms with Gasteiger partial charge < -0.3 is 4.74 Å². The Balaban J connectivity index is 1.68. The Bertz CT molecular complexity index is 982. The van der Waals surface area contributed by atoms with Crippen LogP contribution in [0, 0.1) is 5.82 Å². The van der Waals surface area contributed by atoms with Crippen molar-refractivity contribution in [3.8, 4) is 17.0 Å². The maximum atomic E-state index is 13.0. The van der Waals surface area contributed by atoms with Crippen molar-refractivity contribution in [3.05, 3.63) is 78.5 Å². The molecule has 2 heterocycles. The van der Waals surface area contributed by atoms with Crippen molar-refractivity contribution in [2.45, 2.75) is 6.61 Å². The fourth-order valence-electron chi connectivity index (χ4n) is 2.49. The van der Waals surface area contributed by atoms with Crippen LogP contribution in [0.15, 0.2) is 67.1 Å². The first-order chi connectivity index (χ1) is 11.8. The first-order valence-electron chi connectivity index (χ1n) is 7.43. The average Bonchev–Trinajstić information content (AvgIpc) is 3.10. The summed E-state index contributed by atoms with van der Waals surface area (Å²) in [6, 6.07) is 15.8. The molecule has 0 aliphatic rings. The smallest absolute Gasteiger partial charge is 0.252 e. The Morgan fingerprint density at radius 1 is 0.958 bits per heavy atom. The van der Waals surface area contributed by atoms with Crippen LogP contribution in [0.2, 0.25) is 0 Å². The predicted molar refractivity (Wildman–Crippen MR) is 87.0 cm³/mol. The Kier molecular flexibility index (Phi) is 3.63. The number of benzene rings is 2. The summed E-state index contributed by atoms with van der Waals surface area (Å²) in [4.78, 5) is 8.27. The van der Waals surface area contributed by atoms with Crippen LogP contribution in [-0.4, -0.2) is 19.6 Å². The molecule has 0 radical (unpaired) electrons. The van der Waals surface area contributed by atoms with Crippen LogP contribution in [0.3, 0.4) is 0 Å². The van der Waals surface area contributed by atoms with Crippen LogP contribution in [0.4, 0.5) is 4.39 Å². The molecule has 0 atom stereocenters. The Morgan fingerprint density at radius 3 is 2.67 bits per heavy atom. The van der Waals surface area contributed by atoms with Crippen molar-refractivity contribution in [1.29, 1.82) is 0 Å². The number of halogens is 1. The van der Waals surface area contributed by atoms with Gasteiger partial charge in [-0.15, -0.1) is 0 Å². The zero-order chi connectivity index (χ0) is 16.4. The van der Waals surface area contributed by atoms with Crippen LogP contribution in [0.1, 0.15) is 5.56 Å². The van der Waals surface area contributed by atoms with Gasteiger partial charge in [-0.3, -0.25) is 0 Å². The minimum absolute atomic E-state index is 0.260. The van der Waals surface area contributed by atoms with Crippen LogP contribution < -0.4 is 4.74 Å². The zero-order valence-corrected chi connectivity index (χ0v) is 12.6. The second-order valence-electron chi connectivity index (χ2n) is 5.21. The molecule has 118 valence electrons. The van der Waals surface area contributed by atoms with Gasteiger partial charge in [-0.05, 0) is 35.9 Å². The lowest BCUT2D eigenvalue weighted by molar-refractivity contribution is 0.307. The molecule has 24 heavy (non-hydrogen) atoms. The summed E-state index contributed by atoms with van der Waals surface area (Å²) in [5.74, 6) is 0.982. The Labute approximate surface area is 137 Å². The molecule has 5 nitrogen and oxygen atoms in total. The van der Waals surface area contributed by atoms with Gasteiger partial charge in [-0.1, -0.05) is 24.3 Å². The monoisotopic (exact) mass is 320 g/mol. The molecule has 4 aromatic rings. The fourth-order valence-corrected chi connectivity index (χ4v) is 2.49. The third kappa shape index (κ3) is 2.69. The highest BCUT2D eigenvalue weighted by atomic mass is 19.1. The van der Waals surface area contributed by atoms with E-state index in [1.54, 1.807) is 22.8 Å². The average molecular weight is 320 g/mol. The largest absolute Gasteiger partial charge is 0.488 e. The van der Waals surface area contributed by atoms with Crippen molar-refractivity contribution in [2.75, 3.05) is 0 Å². The van der Waals surface area contributed by atoms with Gasteiger partial charge in [-0.2, -0.15) is 14.6 Å². The predicted octanol–water partition coefficient (Wildman–Crippen LogP) is 3.51. The lowest BCUT2D eigenvalue weighted by atomic mass is 10.1. The van der Waals surface area contributed by atoms with Gasteiger partial charge in [-0.25, -0.2) is 9.37 Å². The van der Waals surface area contributed by atoms with E-state index in [9.17, 15) is 4.39 Å². The highest BCUT2D eigenvalue weighted by molar-refractivity contribution is 5.68. The van der Waals surface area contributed by atoms with Gasteiger partial charge in [0.25, 0.3) is 5.78 Å². The lowest BCUT2D eigenvalue weighted by Gasteiger charge is -2.12. The van der Waals surface area contributed by atoms with Gasteiger partial charge >= 0.3 is 0 Å². The number of aromatic nitrogens is 4. The molecule has 0 aliphatic carbocycles. The molecule has 2 aromatic heterocycles. The molecule has 0 unspecified atom stereocenters. The first kappa shape index (κ1) is 14.3. The van der Waals surface area contributed by atoms with Crippen LogP contribution in [0.25, 0.3) is 17.0 Å². The number of nitrogens with zero attached hydrogens (tertiary/aromatic N) is 4. The maximum Gasteiger partial charge on any atom is 0.252 e. The summed E-state index contributed by atoms with van der Waals surface area (Å²) < 4.78 is 20.6. The summed E-state index contributed by atoms with van der Waals surface area (Å²) in [6.45, 7) is 0.350. The van der Waals surface area contributed by atoms with Gasteiger partial charge in [0.2, 0.25) is 0 Å². The molecule has 0 fully saturated rings. The zero-order valence-electron chi connectivity index (χ0n) is 12.6. The van der Waals surface area contributed by atoms with E-state index in [0.717, 1.165) is 16.8 Å². The summed E-state index contributed by atoms with van der Waals surface area (Å²) in [5, 5.41) is 4.21. The highest BCUT2D eigenvalue weighted by Gasteiger charge is 2.11. The molecule has 0 saturated carbocycles. The Morgan fingerprint density at radius 2 is 1.79 bits per heavy atom. The minimum Gasteiger partial charge on any atom is -0.488 e. The number of hydrogen-bond acceptors (Lipinski definition) is 4. The van der Waals surface area contributed by atoms with E-state index in [4.69, 9.17) is 4.74 Å². The molecular formula is C18H13FN4O. The number of hydrogen-bond donors (Lipinski definition) is 0. The standard InChI is InChI=1S/C18H13FN4O/c19-14-7-5-13(6-8-14)11-24-17-4-2-1-3-15(17)16-9-10-20-18-21-12-22-23(16)18/h1-10,12H,11H2. The maximum absolute atomic E-state index is 13.0. The highest BCUT2D eigenvalue weighted by Crippen LogP contribution is 2.29. The van der Waals surface area contributed by atoms with Crippen molar-refractivity contribution >= 4 is 5.78 Å². The van der Waals surface area contributed by atoms with Crippen molar-refractivity contribution in [2.24, 2.45) is 0 Å². The second-order valence-corrected chi connectivity index (χ2v) is 5.21. The van der Waals surface area contributed by atoms with Gasteiger partial charge in [0.1, 0.15) is 24.5 Å². The minimum atomic E-state index is -0.260. The van der Waals surface area contributed by atoms with E-state index in [1.807, 2.05) is 30.3 Å². The summed E-state index contributed by atoms with van der Waals surface area (Å²) >= 11 is 0. The van der Waals surface area contributed by atoms with Crippen molar-refractivity contribution < 1.29 is 9.13 Å². The van der Waals surface area contributed by atoms with E-state index < -0.39 is 0 Å². The number of para-hydroxylation sites is 1. The Hall–Kier alpha value is -3.28. The fraction of sp³-hybridized carbons (Fsp3) is 0.0556. The van der Waals surface area contributed by atoms with E-state index >= 15 is 0 Å². The van der Waals surface area contributed by atoms with Gasteiger partial charge in [0, 0.05) is 11.8 Å². The second kappa shape index (κ2) is 6.08. The number of rotatable bonds is 4. The third-order valence-corrected chi connectivity index (χ3v) is 3.65. The third-order valence-electron chi connectivity index (χ3n) is 3.65. The molecule has 0 aliphatic heterocycles. The van der Waals surface area contributed by atoms with E-state index in [0.29, 0.717) is 18.1 Å². The molecule has 0 saturated heterocycles. The molecule has 0 bridgehead atoms. The first-order valence-corrected chi connectivity index (χ1v) is 7.43. The topological polar surface area (TPSA) is 52.3 Å². The molecule has 6 heteroatoms. The summed E-state index contributed by atoms with van der Waals surface area (Å²) in [7, 11) is 0. The molecule has 4 rings (SSSR count). The lowest BCUT2D eigenvalue weighted by Crippen LogP contribution is -2.00. The van der Waals surface area contributed by atoms with Crippen LogP contribution in [-0.2, 0) is 6.61 Å². The molecule has 2 aromatic carbocycles. The molecule has 0 N–H and O–H groups in total. The number of ether oxygens (including phenoxy) is 1. The quantitative estimate of drug-likeness (QED) is 0.577.